The van der Waals surface area contributed by atoms with Crippen molar-refractivity contribution in [1.82, 2.24) is 0 Å². The molecule has 1 aliphatic rings. The topological polar surface area (TPSA) is 43.1 Å². The van der Waals surface area contributed by atoms with E-state index in [0.29, 0.717) is 15.3 Å². The Morgan fingerprint density at radius 2 is 1.70 bits per heavy atom. The van der Waals surface area contributed by atoms with Crippen molar-refractivity contribution in [2.45, 2.75) is 0 Å². The second-order valence-corrected chi connectivity index (χ2v) is 5.46. The molecule has 1 aliphatic heterocycles. The van der Waals surface area contributed by atoms with Crippen LogP contribution in [-0.2, 0) is 0 Å². The summed E-state index contributed by atoms with van der Waals surface area (Å²) < 4.78 is 0.573. The predicted molar refractivity (Wildman–Crippen MR) is 79.6 cm³/mol. The number of Topliss-reactive ketones (excluding diaryl/α,β-unsaturated/α-hetero) is 1. The van der Waals surface area contributed by atoms with Crippen molar-refractivity contribution in [2.75, 3.05) is 0 Å². The van der Waals surface area contributed by atoms with Gasteiger partial charge in [0.1, 0.15) is 5.56 Å². The first-order valence-electron chi connectivity index (χ1n) is 5.63. The molecule has 0 saturated heterocycles. The molecule has 0 saturated carbocycles. The Morgan fingerprint density at radius 3 is 2.35 bits per heavy atom. The van der Waals surface area contributed by atoms with Crippen LogP contribution in [0.15, 0.2) is 36.4 Å². The highest BCUT2D eigenvalue weighted by atomic mass is 35.5. The molecule has 3 rings (SSSR count). The molecule has 0 fully saturated rings. The molecule has 6 heteroatoms. The summed E-state index contributed by atoms with van der Waals surface area (Å²) in [6.07, 6.45) is 0. The van der Waals surface area contributed by atoms with E-state index in [4.69, 9.17) is 34.8 Å². The van der Waals surface area contributed by atoms with Gasteiger partial charge in [-0.2, -0.15) is 4.74 Å². The minimum absolute atomic E-state index is 0.00772. The largest absolute Gasteiger partial charge is 0.618 e. The normalized spacial score (nSPS) is 13.8. The molecule has 2 aromatic carbocycles. The number of benzene rings is 2. The molecule has 2 aromatic rings. The zero-order valence-electron chi connectivity index (χ0n) is 9.86. The molecule has 100 valence electrons. The van der Waals surface area contributed by atoms with Gasteiger partial charge < -0.3 is 5.21 Å². The molecule has 0 aromatic heterocycles. The van der Waals surface area contributed by atoms with E-state index in [9.17, 15) is 10.0 Å². The lowest BCUT2D eigenvalue weighted by atomic mass is 10.0. The van der Waals surface area contributed by atoms with Crippen molar-refractivity contribution in [1.29, 1.82) is 0 Å². The predicted octanol–water partition coefficient (Wildman–Crippen LogP) is 4.47. The number of carbonyl (C=O) groups is 1. The minimum Gasteiger partial charge on any atom is -0.618 e. The number of rotatable bonds is 1. The summed E-state index contributed by atoms with van der Waals surface area (Å²) in [4.78, 5) is 12.4. The number of fused-ring (bicyclic) bond motifs is 1. The van der Waals surface area contributed by atoms with Crippen LogP contribution in [0, 0.1) is 5.21 Å². The standard InChI is InChI=1S/C14H6Cl3NO2/c15-8-5-4-7(6-10(8)17)13-14(19)12-9(16)2-1-3-11(12)18(13)20/h1-6H. The van der Waals surface area contributed by atoms with Gasteiger partial charge in [0.05, 0.1) is 20.6 Å². The van der Waals surface area contributed by atoms with E-state index in [1.54, 1.807) is 24.3 Å². The SMILES string of the molecule is O=C1C(c2ccc(Cl)c(Cl)c2)=[N+]([O-])c2cccc(Cl)c21. The maximum absolute atomic E-state index is 12.4. The van der Waals surface area contributed by atoms with Crippen LogP contribution in [0.5, 0.6) is 0 Å². The third kappa shape index (κ3) is 1.90. The second kappa shape index (κ2) is 4.77. The summed E-state index contributed by atoms with van der Waals surface area (Å²) in [5, 5.41) is 13.2. The van der Waals surface area contributed by atoms with Gasteiger partial charge in [0.2, 0.25) is 5.69 Å². The molecule has 0 amide bonds. The quantitative estimate of drug-likeness (QED) is 0.573. The fraction of sp³-hybridized carbons (Fsp3) is 0. The van der Waals surface area contributed by atoms with E-state index in [-0.39, 0.29) is 27.0 Å². The Hall–Kier alpha value is -1.55. The van der Waals surface area contributed by atoms with Gasteiger partial charge in [-0.3, -0.25) is 4.79 Å². The van der Waals surface area contributed by atoms with Gasteiger partial charge in [-0.05, 0) is 24.3 Å². The number of ketones is 1. The second-order valence-electron chi connectivity index (χ2n) is 4.23. The molecular formula is C14H6Cl3NO2. The third-order valence-electron chi connectivity index (χ3n) is 3.05. The molecule has 0 N–H and O–H groups in total. The number of nitrogens with zero attached hydrogens (tertiary/aromatic N) is 1. The average molecular weight is 327 g/mol. The molecule has 0 aliphatic carbocycles. The first-order valence-corrected chi connectivity index (χ1v) is 6.77. The van der Waals surface area contributed by atoms with Crippen LogP contribution in [0.4, 0.5) is 5.69 Å². The third-order valence-corrected chi connectivity index (χ3v) is 4.10. The van der Waals surface area contributed by atoms with Gasteiger partial charge in [0, 0.05) is 6.07 Å². The van der Waals surface area contributed by atoms with Gasteiger partial charge in [0.25, 0.3) is 11.5 Å². The van der Waals surface area contributed by atoms with E-state index in [1.807, 2.05) is 0 Å². The van der Waals surface area contributed by atoms with Crippen molar-refractivity contribution in [3.8, 4) is 0 Å². The van der Waals surface area contributed by atoms with E-state index in [0.717, 1.165) is 0 Å². The first-order chi connectivity index (χ1) is 9.50. The lowest BCUT2D eigenvalue weighted by molar-refractivity contribution is -0.355. The minimum atomic E-state index is -0.418. The molecule has 0 radical (unpaired) electrons. The smallest absolute Gasteiger partial charge is 0.273 e. The van der Waals surface area contributed by atoms with E-state index in [2.05, 4.69) is 0 Å². The van der Waals surface area contributed by atoms with Crippen molar-refractivity contribution in [3.63, 3.8) is 0 Å². The van der Waals surface area contributed by atoms with Crippen LogP contribution in [-0.4, -0.2) is 16.2 Å². The summed E-state index contributed by atoms with van der Waals surface area (Å²) in [5.41, 5.74) is 0.854. The number of hydrogen-bond donors (Lipinski definition) is 0. The van der Waals surface area contributed by atoms with Gasteiger partial charge >= 0.3 is 0 Å². The monoisotopic (exact) mass is 325 g/mol. The first kappa shape index (κ1) is 13.4. The van der Waals surface area contributed by atoms with Crippen molar-refractivity contribution < 1.29 is 9.53 Å². The van der Waals surface area contributed by atoms with E-state index < -0.39 is 5.78 Å². The Kier molecular flexibility index (Phi) is 3.21. The Morgan fingerprint density at radius 1 is 0.950 bits per heavy atom. The van der Waals surface area contributed by atoms with Crippen LogP contribution >= 0.6 is 34.8 Å². The summed E-state index contributed by atoms with van der Waals surface area (Å²) in [6, 6.07) is 9.35. The van der Waals surface area contributed by atoms with Crippen molar-refractivity contribution in [3.05, 3.63) is 67.8 Å². The molecule has 0 bridgehead atoms. The molecular weight excluding hydrogens is 321 g/mol. The average Bonchev–Trinajstić information content (AvgIpc) is 2.67. The van der Waals surface area contributed by atoms with Crippen LogP contribution in [0.1, 0.15) is 15.9 Å². The van der Waals surface area contributed by atoms with Crippen LogP contribution in [0.25, 0.3) is 0 Å². The molecule has 0 unspecified atom stereocenters. The zero-order valence-corrected chi connectivity index (χ0v) is 12.1. The van der Waals surface area contributed by atoms with Crippen LogP contribution in [0.3, 0.4) is 0 Å². The maximum atomic E-state index is 12.4. The lowest BCUT2D eigenvalue weighted by Crippen LogP contribution is -2.16. The molecule has 0 atom stereocenters. The van der Waals surface area contributed by atoms with Crippen LogP contribution in [0.2, 0.25) is 15.1 Å². The van der Waals surface area contributed by atoms with Gasteiger partial charge in [-0.15, -0.1) is 0 Å². The Bertz CT molecular complexity index is 784. The molecule has 3 nitrogen and oxygen atoms in total. The van der Waals surface area contributed by atoms with E-state index >= 15 is 0 Å². The summed E-state index contributed by atoms with van der Waals surface area (Å²) >= 11 is 17.8. The summed E-state index contributed by atoms with van der Waals surface area (Å²) in [5.74, 6) is -0.418. The highest BCUT2D eigenvalue weighted by molar-refractivity contribution is 6.55. The Labute approximate surface area is 129 Å². The highest BCUT2D eigenvalue weighted by Crippen LogP contribution is 2.34. The number of carbonyl (C=O) groups excluding carboxylic acids is 1. The fourth-order valence-electron chi connectivity index (χ4n) is 2.13. The maximum Gasteiger partial charge on any atom is 0.273 e. The van der Waals surface area contributed by atoms with Crippen molar-refractivity contribution >= 4 is 52.0 Å². The van der Waals surface area contributed by atoms with E-state index in [1.165, 1.54) is 12.1 Å². The number of hydrogen-bond acceptors (Lipinski definition) is 2. The van der Waals surface area contributed by atoms with Crippen molar-refractivity contribution in [2.24, 2.45) is 0 Å². The lowest BCUT2D eigenvalue weighted by Gasteiger charge is -2.03. The molecule has 20 heavy (non-hydrogen) atoms. The molecule has 1 heterocycles. The van der Waals surface area contributed by atoms with Gasteiger partial charge in [-0.25, -0.2) is 0 Å². The summed E-state index contributed by atoms with van der Waals surface area (Å²) in [7, 11) is 0. The molecule has 0 spiro atoms. The Balaban J connectivity index is 2.21. The highest BCUT2D eigenvalue weighted by Gasteiger charge is 2.38. The zero-order chi connectivity index (χ0) is 14.4. The van der Waals surface area contributed by atoms with Gasteiger partial charge in [0.15, 0.2) is 0 Å². The van der Waals surface area contributed by atoms with Gasteiger partial charge in [-0.1, -0.05) is 40.9 Å². The van der Waals surface area contributed by atoms with Crippen LogP contribution < -0.4 is 0 Å². The number of halogens is 3. The summed E-state index contributed by atoms with van der Waals surface area (Å²) in [6.45, 7) is 0. The fourth-order valence-corrected chi connectivity index (χ4v) is 2.68.